The van der Waals surface area contributed by atoms with Crippen molar-refractivity contribution in [2.45, 2.75) is 105 Å². The second-order valence-electron chi connectivity index (χ2n) is 24.3. The first-order valence-electron chi connectivity index (χ1n) is 26.0. The first kappa shape index (κ1) is 47.1. The lowest BCUT2D eigenvalue weighted by Crippen LogP contribution is -2.62. The number of anilines is 9. The van der Waals surface area contributed by atoms with E-state index in [4.69, 9.17) is 0 Å². The average Bonchev–Trinajstić information content (AvgIpc) is 3.35. The highest BCUT2D eigenvalue weighted by molar-refractivity contribution is 7.00. The molecule has 0 unspecified atom stereocenters. The molecule has 2 heterocycles. The standard InChI is InChI=1S/C68H68BN3/c1-65(2,3)52-28-18-20-34-58(52)71-60-43-51(70(49-26-14-13-15-27-49)50-40-38-46(39-41-50)48-37-36-45-24-16-17-25-47(45)42-48)44-61-62(60)69(56-32-22-30-54(63(56)71)67(7,8)9)57-33-23-31-55(68(10,11)12)64(57)72(61)59-35-21-19-29-53(59)66(4,5)6/h13-44H,1-12H3. The molecular formula is C68H68BN3. The first-order valence-corrected chi connectivity index (χ1v) is 26.0. The molecule has 11 rings (SSSR count). The lowest BCUT2D eigenvalue weighted by atomic mass is 9.33. The Bertz CT molecular complexity index is 3380. The largest absolute Gasteiger partial charge is 0.311 e. The predicted molar refractivity (Wildman–Crippen MR) is 313 cm³/mol. The van der Waals surface area contributed by atoms with E-state index >= 15 is 0 Å². The van der Waals surface area contributed by atoms with Crippen LogP contribution >= 0.6 is 0 Å². The van der Waals surface area contributed by atoms with Gasteiger partial charge in [-0.2, -0.15) is 0 Å². The SMILES string of the molecule is CC(C)(C)c1ccccc1N1c2cc(N(c3ccccc3)c3ccc(-c4ccc5ccccc5c4)cc3)cc3c2B(c2cccc(C(C)(C)C)c21)c1cccc(C(C)(C)C)c1N3c1ccccc1C(C)(C)C. The summed E-state index contributed by atoms with van der Waals surface area (Å²) in [5.74, 6) is 0. The molecule has 358 valence electrons. The van der Waals surface area contributed by atoms with Gasteiger partial charge in [-0.15, -0.1) is 0 Å². The molecule has 0 radical (unpaired) electrons. The number of fused-ring (bicyclic) bond motifs is 5. The topological polar surface area (TPSA) is 9.72 Å². The van der Waals surface area contributed by atoms with Gasteiger partial charge < -0.3 is 14.7 Å². The molecule has 9 aromatic rings. The summed E-state index contributed by atoms with van der Waals surface area (Å²) in [5.41, 5.74) is 21.7. The monoisotopic (exact) mass is 938 g/mol. The van der Waals surface area contributed by atoms with Crippen molar-refractivity contribution in [3.63, 3.8) is 0 Å². The second-order valence-corrected chi connectivity index (χ2v) is 24.3. The third kappa shape index (κ3) is 8.00. The zero-order valence-electron chi connectivity index (χ0n) is 44.4. The molecule has 4 heteroatoms. The van der Waals surface area contributed by atoms with Gasteiger partial charge in [0.05, 0.1) is 5.69 Å². The van der Waals surface area contributed by atoms with E-state index in [-0.39, 0.29) is 28.4 Å². The molecule has 9 aromatic carbocycles. The Kier molecular flexibility index (Phi) is 11.2. The van der Waals surface area contributed by atoms with Crippen LogP contribution in [0, 0.1) is 0 Å². The fraction of sp³-hybridized carbons (Fsp3) is 0.235. The maximum Gasteiger partial charge on any atom is 0.252 e. The molecule has 0 saturated heterocycles. The Labute approximate surface area is 429 Å². The third-order valence-corrected chi connectivity index (χ3v) is 15.1. The molecule has 2 aliphatic rings. The molecular weight excluding hydrogens is 870 g/mol. The second kappa shape index (κ2) is 17.2. The van der Waals surface area contributed by atoms with Crippen molar-refractivity contribution in [3.8, 4) is 11.1 Å². The van der Waals surface area contributed by atoms with E-state index in [1.165, 1.54) is 94.7 Å². The van der Waals surface area contributed by atoms with Crippen molar-refractivity contribution in [3.05, 3.63) is 216 Å². The number of rotatable bonds is 6. The average molecular weight is 938 g/mol. The van der Waals surface area contributed by atoms with Crippen LogP contribution in [0.3, 0.4) is 0 Å². The highest BCUT2D eigenvalue weighted by Crippen LogP contribution is 2.53. The molecule has 0 aromatic heterocycles. The molecule has 0 N–H and O–H groups in total. The Hall–Kier alpha value is -7.30. The fourth-order valence-electron chi connectivity index (χ4n) is 11.7. The van der Waals surface area contributed by atoms with Crippen LogP contribution in [0.2, 0.25) is 0 Å². The van der Waals surface area contributed by atoms with E-state index in [1.807, 2.05) is 0 Å². The predicted octanol–water partition coefficient (Wildman–Crippen LogP) is 17.2. The molecule has 72 heavy (non-hydrogen) atoms. The summed E-state index contributed by atoms with van der Waals surface area (Å²) in [6.07, 6.45) is 0. The molecule has 0 spiro atoms. The van der Waals surface area contributed by atoms with Gasteiger partial charge in [-0.25, -0.2) is 0 Å². The van der Waals surface area contributed by atoms with Gasteiger partial charge >= 0.3 is 0 Å². The maximum absolute atomic E-state index is 2.67. The number of hydrogen-bond donors (Lipinski definition) is 0. The normalized spacial score (nSPS) is 13.5. The number of hydrogen-bond acceptors (Lipinski definition) is 3. The fourth-order valence-corrected chi connectivity index (χ4v) is 11.7. The van der Waals surface area contributed by atoms with Gasteiger partial charge in [0.2, 0.25) is 0 Å². The summed E-state index contributed by atoms with van der Waals surface area (Å²) in [5, 5.41) is 2.49. The van der Waals surface area contributed by atoms with Gasteiger partial charge in [0.1, 0.15) is 0 Å². The zero-order valence-corrected chi connectivity index (χ0v) is 44.4. The summed E-state index contributed by atoms with van der Waals surface area (Å²) < 4.78 is 0. The molecule has 3 nitrogen and oxygen atoms in total. The van der Waals surface area contributed by atoms with Crippen LogP contribution in [0.1, 0.15) is 105 Å². The minimum atomic E-state index is -0.163. The summed E-state index contributed by atoms with van der Waals surface area (Å²) in [6.45, 7) is 28.4. The number of para-hydroxylation sites is 5. The quantitative estimate of drug-likeness (QED) is 0.154. The van der Waals surface area contributed by atoms with Gasteiger partial charge in [0.15, 0.2) is 0 Å². The highest BCUT2D eigenvalue weighted by atomic mass is 15.2. The van der Waals surface area contributed by atoms with Crippen molar-refractivity contribution in [1.82, 2.24) is 0 Å². The van der Waals surface area contributed by atoms with Gasteiger partial charge in [0, 0.05) is 45.5 Å². The first-order chi connectivity index (χ1) is 34.3. The van der Waals surface area contributed by atoms with Gasteiger partial charge in [-0.1, -0.05) is 223 Å². The summed E-state index contributed by atoms with van der Waals surface area (Å²) in [4.78, 5) is 7.83. The summed E-state index contributed by atoms with van der Waals surface area (Å²) in [6, 6.07) is 73.2. The lowest BCUT2D eigenvalue weighted by molar-refractivity contribution is 0.587. The minimum Gasteiger partial charge on any atom is -0.311 e. The highest BCUT2D eigenvalue weighted by Gasteiger charge is 2.47. The molecule has 0 aliphatic carbocycles. The van der Waals surface area contributed by atoms with Crippen molar-refractivity contribution in [2.75, 3.05) is 14.7 Å². The molecule has 0 amide bonds. The van der Waals surface area contributed by atoms with E-state index in [9.17, 15) is 0 Å². The molecule has 0 atom stereocenters. The maximum atomic E-state index is 2.67. The number of nitrogens with zero attached hydrogens (tertiary/aromatic N) is 3. The smallest absolute Gasteiger partial charge is 0.252 e. The zero-order chi connectivity index (χ0) is 50.5. The van der Waals surface area contributed by atoms with E-state index in [1.54, 1.807) is 0 Å². The van der Waals surface area contributed by atoms with E-state index in [2.05, 4.69) is 292 Å². The Balaban J connectivity index is 1.28. The summed E-state index contributed by atoms with van der Waals surface area (Å²) >= 11 is 0. The van der Waals surface area contributed by atoms with Crippen molar-refractivity contribution in [2.24, 2.45) is 0 Å². The minimum absolute atomic E-state index is 0.0406. The van der Waals surface area contributed by atoms with E-state index in [0.717, 1.165) is 17.1 Å². The Morgan fingerprint density at radius 1 is 0.319 bits per heavy atom. The number of benzene rings is 9. The van der Waals surface area contributed by atoms with Crippen LogP contribution < -0.4 is 31.1 Å². The molecule has 0 saturated carbocycles. The lowest BCUT2D eigenvalue weighted by Gasteiger charge is -2.48. The Morgan fingerprint density at radius 3 is 1.24 bits per heavy atom. The Morgan fingerprint density at radius 2 is 0.736 bits per heavy atom. The summed E-state index contributed by atoms with van der Waals surface area (Å²) in [7, 11) is 0. The van der Waals surface area contributed by atoms with Crippen molar-refractivity contribution >= 4 is 85.1 Å². The van der Waals surface area contributed by atoms with E-state index < -0.39 is 0 Å². The van der Waals surface area contributed by atoms with Crippen LogP contribution in [-0.4, -0.2) is 6.71 Å². The molecule has 0 fully saturated rings. The molecule has 2 aliphatic heterocycles. The molecule has 0 bridgehead atoms. The van der Waals surface area contributed by atoms with E-state index in [0.29, 0.717) is 0 Å². The van der Waals surface area contributed by atoms with Crippen LogP contribution in [-0.2, 0) is 21.7 Å². The van der Waals surface area contributed by atoms with Crippen molar-refractivity contribution < 1.29 is 0 Å². The third-order valence-electron chi connectivity index (χ3n) is 15.1. The van der Waals surface area contributed by atoms with Crippen LogP contribution in [0.5, 0.6) is 0 Å². The van der Waals surface area contributed by atoms with Gasteiger partial charge in [0.25, 0.3) is 6.71 Å². The van der Waals surface area contributed by atoms with Crippen LogP contribution in [0.4, 0.5) is 51.2 Å². The van der Waals surface area contributed by atoms with Crippen molar-refractivity contribution in [1.29, 1.82) is 0 Å². The van der Waals surface area contributed by atoms with Gasteiger partial charge in [-0.3, -0.25) is 0 Å². The van der Waals surface area contributed by atoms with Crippen LogP contribution in [0.15, 0.2) is 194 Å². The van der Waals surface area contributed by atoms with Crippen LogP contribution in [0.25, 0.3) is 21.9 Å². The van der Waals surface area contributed by atoms with Gasteiger partial charge in [-0.05, 0) is 137 Å².